The molecule has 0 unspecified atom stereocenters. The van der Waals surface area contributed by atoms with Crippen molar-refractivity contribution in [3.8, 4) is 11.3 Å². The molecule has 0 spiro atoms. The maximum Gasteiger partial charge on any atom is 0.252 e. The largest absolute Gasteiger partial charge is 0.467 e. The number of furan rings is 1. The second kappa shape index (κ2) is 7.61. The molecule has 3 aromatic heterocycles. The van der Waals surface area contributed by atoms with E-state index in [4.69, 9.17) is 4.42 Å². The van der Waals surface area contributed by atoms with Crippen LogP contribution in [0.15, 0.2) is 39.9 Å². The summed E-state index contributed by atoms with van der Waals surface area (Å²) < 4.78 is 5.28. The highest BCUT2D eigenvalue weighted by atomic mass is 16.3. The van der Waals surface area contributed by atoms with Crippen molar-refractivity contribution >= 4 is 11.9 Å². The summed E-state index contributed by atoms with van der Waals surface area (Å²) in [5.41, 5.74) is 1.87. The van der Waals surface area contributed by atoms with E-state index in [0.717, 1.165) is 36.1 Å². The fourth-order valence-electron chi connectivity index (χ4n) is 3.22. The molecule has 140 valence electrons. The van der Waals surface area contributed by atoms with E-state index in [1.54, 1.807) is 12.5 Å². The molecule has 4 rings (SSSR count). The monoisotopic (exact) mass is 366 g/mol. The molecule has 1 aliphatic rings. The zero-order valence-electron chi connectivity index (χ0n) is 15.2. The van der Waals surface area contributed by atoms with Crippen molar-refractivity contribution in [1.29, 1.82) is 0 Å². The number of H-pyrrole nitrogens is 1. The molecule has 3 aromatic rings. The van der Waals surface area contributed by atoms with E-state index < -0.39 is 0 Å². The maximum absolute atomic E-state index is 12.1. The van der Waals surface area contributed by atoms with Crippen LogP contribution in [-0.2, 0) is 6.54 Å². The van der Waals surface area contributed by atoms with Crippen LogP contribution in [0.5, 0.6) is 0 Å². The van der Waals surface area contributed by atoms with Gasteiger partial charge in [-0.2, -0.15) is 0 Å². The third-order valence-corrected chi connectivity index (χ3v) is 4.63. The Morgan fingerprint density at radius 1 is 1.26 bits per heavy atom. The molecule has 0 aliphatic carbocycles. The highest BCUT2D eigenvalue weighted by Crippen LogP contribution is 2.22. The standard InChI is InChI=1S/C19H22N6O2/c1-13-15(12-21-19(22-13)25-7-3-2-4-8-25)16-10-17(26)24-18(23-16)20-11-14-6-5-9-27-14/h5-6,9-10,12H,2-4,7-8,11H2,1H3,(H2,20,23,24,26). The van der Waals surface area contributed by atoms with E-state index in [2.05, 4.69) is 30.2 Å². The van der Waals surface area contributed by atoms with E-state index >= 15 is 0 Å². The highest BCUT2D eigenvalue weighted by molar-refractivity contribution is 5.62. The second-order valence-corrected chi connectivity index (χ2v) is 6.63. The predicted octanol–water partition coefficient (Wildman–Crippen LogP) is 2.73. The van der Waals surface area contributed by atoms with Gasteiger partial charge in [-0.25, -0.2) is 15.0 Å². The molecule has 4 heterocycles. The highest BCUT2D eigenvalue weighted by Gasteiger charge is 2.16. The van der Waals surface area contributed by atoms with Crippen LogP contribution in [0.3, 0.4) is 0 Å². The minimum Gasteiger partial charge on any atom is -0.467 e. The van der Waals surface area contributed by atoms with Crippen LogP contribution in [0.1, 0.15) is 30.7 Å². The molecule has 0 bridgehead atoms. The van der Waals surface area contributed by atoms with E-state index in [0.29, 0.717) is 18.2 Å². The van der Waals surface area contributed by atoms with E-state index in [-0.39, 0.29) is 5.56 Å². The lowest BCUT2D eigenvalue weighted by atomic mass is 10.1. The molecule has 0 radical (unpaired) electrons. The summed E-state index contributed by atoms with van der Waals surface area (Å²) in [7, 11) is 0. The van der Waals surface area contributed by atoms with Crippen LogP contribution in [-0.4, -0.2) is 33.0 Å². The predicted molar refractivity (Wildman–Crippen MR) is 103 cm³/mol. The molecule has 0 saturated carbocycles. The second-order valence-electron chi connectivity index (χ2n) is 6.63. The molecule has 8 heteroatoms. The van der Waals surface area contributed by atoms with E-state index in [1.807, 2.05) is 19.1 Å². The summed E-state index contributed by atoms with van der Waals surface area (Å²) in [5.74, 6) is 1.89. The van der Waals surface area contributed by atoms with Gasteiger partial charge < -0.3 is 14.6 Å². The summed E-state index contributed by atoms with van der Waals surface area (Å²) in [6.07, 6.45) is 6.96. The van der Waals surface area contributed by atoms with Gasteiger partial charge in [0.25, 0.3) is 5.56 Å². The van der Waals surface area contributed by atoms with Crippen LogP contribution < -0.4 is 15.8 Å². The number of hydrogen-bond acceptors (Lipinski definition) is 7. The molecule has 27 heavy (non-hydrogen) atoms. The lowest BCUT2D eigenvalue weighted by Crippen LogP contribution is -2.31. The minimum atomic E-state index is -0.235. The molecule has 1 aliphatic heterocycles. The first-order valence-electron chi connectivity index (χ1n) is 9.15. The molecular weight excluding hydrogens is 344 g/mol. The average Bonchev–Trinajstić information content (AvgIpc) is 3.20. The normalized spacial score (nSPS) is 14.3. The first kappa shape index (κ1) is 17.3. The number of piperidine rings is 1. The SMILES string of the molecule is Cc1nc(N2CCCCC2)ncc1-c1cc(=O)[nH]c(NCc2ccco2)n1. The topological polar surface area (TPSA) is 99.9 Å². The third-order valence-electron chi connectivity index (χ3n) is 4.63. The first-order chi connectivity index (χ1) is 13.2. The number of aryl methyl sites for hydroxylation is 1. The van der Waals surface area contributed by atoms with Crippen molar-refractivity contribution in [3.63, 3.8) is 0 Å². The molecule has 0 amide bonds. The van der Waals surface area contributed by atoms with Gasteiger partial charge in [0.2, 0.25) is 11.9 Å². The summed E-state index contributed by atoms with van der Waals surface area (Å²) in [6, 6.07) is 5.13. The summed E-state index contributed by atoms with van der Waals surface area (Å²) in [6.45, 7) is 4.33. The van der Waals surface area contributed by atoms with Crippen molar-refractivity contribution in [2.24, 2.45) is 0 Å². The van der Waals surface area contributed by atoms with Crippen LogP contribution in [0.25, 0.3) is 11.3 Å². The lowest BCUT2D eigenvalue weighted by molar-refractivity contribution is 0.517. The molecule has 1 saturated heterocycles. The van der Waals surface area contributed by atoms with Gasteiger partial charge in [-0.1, -0.05) is 0 Å². The Kier molecular flexibility index (Phi) is 4.86. The van der Waals surface area contributed by atoms with Crippen LogP contribution in [0, 0.1) is 6.92 Å². The van der Waals surface area contributed by atoms with Crippen LogP contribution in [0.2, 0.25) is 0 Å². The maximum atomic E-state index is 12.1. The number of nitrogens with zero attached hydrogens (tertiary/aromatic N) is 4. The van der Waals surface area contributed by atoms with Crippen molar-refractivity contribution in [2.75, 3.05) is 23.3 Å². The number of aromatic nitrogens is 4. The Labute approximate surface area is 156 Å². The van der Waals surface area contributed by atoms with Gasteiger partial charge in [-0.05, 0) is 38.3 Å². The molecule has 1 fully saturated rings. The third kappa shape index (κ3) is 3.99. The molecular formula is C19H22N6O2. The first-order valence-corrected chi connectivity index (χ1v) is 9.15. The summed E-state index contributed by atoms with van der Waals surface area (Å²) >= 11 is 0. The van der Waals surface area contributed by atoms with Gasteiger partial charge in [0, 0.05) is 30.9 Å². The fourth-order valence-corrected chi connectivity index (χ4v) is 3.22. The minimum absolute atomic E-state index is 0.235. The van der Waals surface area contributed by atoms with Gasteiger partial charge in [-0.15, -0.1) is 0 Å². The average molecular weight is 366 g/mol. The summed E-state index contributed by atoms with van der Waals surface area (Å²) in [4.78, 5) is 30.6. The van der Waals surface area contributed by atoms with Crippen LogP contribution >= 0.6 is 0 Å². The Bertz CT molecular complexity index is 961. The molecule has 2 N–H and O–H groups in total. The van der Waals surface area contributed by atoms with Crippen molar-refractivity contribution in [3.05, 3.63) is 52.5 Å². The zero-order valence-corrected chi connectivity index (χ0v) is 15.2. The summed E-state index contributed by atoms with van der Waals surface area (Å²) in [5, 5.41) is 3.07. The van der Waals surface area contributed by atoms with Gasteiger partial charge in [-0.3, -0.25) is 9.78 Å². The molecule has 8 nitrogen and oxygen atoms in total. The Hall–Kier alpha value is -3.16. The van der Waals surface area contributed by atoms with Gasteiger partial charge in [0.1, 0.15) is 5.76 Å². The zero-order chi connectivity index (χ0) is 18.6. The quantitative estimate of drug-likeness (QED) is 0.716. The van der Waals surface area contributed by atoms with Gasteiger partial charge >= 0.3 is 0 Å². The van der Waals surface area contributed by atoms with Crippen molar-refractivity contribution in [1.82, 2.24) is 19.9 Å². The fraction of sp³-hybridized carbons (Fsp3) is 0.368. The van der Waals surface area contributed by atoms with E-state index in [1.165, 1.54) is 25.3 Å². The molecule has 0 atom stereocenters. The van der Waals surface area contributed by atoms with Gasteiger partial charge in [0.05, 0.1) is 24.2 Å². The number of anilines is 2. The Morgan fingerprint density at radius 2 is 2.11 bits per heavy atom. The Balaban J connectivity index is 1.57. The molecule has 0 aromatic carbocycles. The lowest BCUT2D eigenvalue weighted by Gasteiger charge is -2.26. The van der Waals surface area contributed by atoms with Crippen molar-refractivity contribution in [2.45, 2.75) is 32.7 Å². The smallest absolute Gasteiger partial charge is 0.252 e. The number of rotatable bonds is 5. The number of nitrogens with one attached hydrogen (secondary N) is 2. The van der Waals surface area contributed by atoms with Gasteiger partial charge in [0.15, 0.2) is 0 Å². The number of aromatic amines is 1. The Morgan fingerprint density at radius 3 is 2.85 bits per heavy atom. The van der Waals surface area contributed by atoms with Crippen molar-refractivity contribution < 1.29 is 4.42 Å². The number of hydrogen-bond donors (Lipinski definition) is 2. The van der Waals surface area contributed by atoms with Crippen LogP contribution in [0.4, 0.5) is 11.9 Å². The van der Waals surface area contributed by atoms with E-state index in [9.17, 15) is 4.79 Å².